The number of nitrogens with zero attached hydrogens (tertiary/aromatic N) is 2. The molecule has 0 bridgehead atoms. The number of aromatic hydroxyl groups is 1. The van der Waals surface area contributed by atoms with Gasteiger partial charge in [-0.25, -0.2) is 0 Å². The van der Waals surface area contributed by atoms with Crippen LogP contribution in [-0.2, 0) is 30.4 Å². The van der Waals surface area contributed by atoms with Gasteiger partial charge in [-0.05, 0) is 35.7 Å². The van der Waals surface area contributed by atoms with Crippen LogP contribution in [0.1, 0.15) is 0 Å². The van der Waals surface area contributed by atoms with Crippen LogP contribution in [0.25, 0.3) is 21.5 Å². The van der Waals surface area contributed by atoms with Crippen LogP contribution in [-0.4, -0.2) is 44.0 Å². The minimum Gasteiger partial charge on any atom is -0.506 e. The van der Waals surface area contributed by atoms with Gasteiger partial charge in [0.05, 0.1) is 10.6 Å². The van der Waals surface area contributed by atoms with Crippen molar-refractivity contribution < 1.29 is 73.6 Å². The van der Waals surface area contributed by atoms with Crippen molar-refractivity contribution in [1.82, 2.24) is 0 Å². The van der Waals surface area contributed by atoms with Crippen LogP contribution in [0.3, 0.4) is 0 Å². The molecule has 0 spiro atoms. The molecular weight excluding hydrogens is 547 g/mol. The Balaban J connectivity index is 0.00000361. The average Bonchev–Trinajstić information content (AvgIpc) is 2.75. The summed E-state index contributed by atoms with van der Waals surface area (Å²) >= 11 is 0. The summed E-state index contributed by atoms with van der Waals surface area (Å²) in [5.41, 5.74) is -0.382. The van der Waals surface area contributed by atoms with Crippen molar-refractivity contribution in [2.24, 2.45) is 10.2 Å². The molecular formula is C20H14N2NaO10S3+. The first-order valence-electron chi connectivity index (χ1n) is 9.33. The first kappa shape index (κ1) is 28.1. The third-order valence-electron chi connectivity index (χ3n) is 4.98. The molecule has 4 rings (SSSR count). The van der Waals surface area contributed by atoms with Crippen LogP contribution < -0.4 is 29.6 Å². The molecule has 12 nitrogen and oxygen atoms in total. The quantitative estimate of drug-likeness (QED) is 0.153. The minimum absolute atomic E-state index is 0. The molecule has 4 aromatic rings. The minimum atomic E-state index is -5.07. The van der Waals surface area contributed by atoms with E-state index in [4.69, 9.17) is 0 Å². The zero-order chi connectivity index (χ0) is 25.8. The molecule has 0 radical (unpaired) electrons. The number of phenolic OH excluding ortho intramolecular Hbond substituents is 1. The molecule has 182 valence electrons. The number of rotatable bonds is 5. The molecule has 0 aliphatic rings. The standard InChI is InChI=1S/C20H14N2O10S3.Na/c23-16-7-5-11-9-12(33(24,25)26)10-18(35(30,31)32)19(11)20(16)22-21-15-6-8-17(34(27,28)29)14-4-2-1-3-13(14)15;/h1-10,23H,(H,24,25,26)(H,27,28,29)(H,30,31,32);/q;+1. The molecule has 0 aromatic heterocycles. The van der Waals surface area contributed by atoms with E-state index in [1.54, 1.807) is 6.07 Å². The normalized spacial score (nSPS) is 12.8. The van der Waals surface area contributed by atoms with Crippen LogP contribution in [0.2, 0.25) is 0 Å². The summed E-state index contributed by atoms with van der Waals surface area (Å²) in [7, 11) is -14.5. The maximum Gasteiger partial charge on any atom is 1.00 e. The predicted molar refractivity (Wildman–Crippen MR) is 123 cm³/mol. The van der Waals surface area contributed by atoms with Gasteiger partial charge in [0.25, 0.3) is 30.4 Å². The van der Waals surface area contributed by atoms with Gasteiger partial charge < -0.3 is 5.11 Å². The third-order valence-corrected chi connectivity index (χ3v) is 7.60. The largest absolute Gasteiger partial charge is 1.00 e. The van der Waals surface area contributed by atoms with Crippen molar-refractivity contribution in [3.8, 4) is 5.75 Å². The van der Waals surface area contributed by atoms with Crippen LogP contribution in [0, 0.1) is 0 Å². The van der Waals surface area contributed by atoms with E-state index in [0.29, 0.717) is 6.07 Å². The SMILES string of the molecule is O=S(=O)(O)c1cc(S(=O)(=O)O)c2c(N=Nc3ccc(S(=O)(=O)O)c4ccccc34)c(O)ccc2c1.[Na+]. The van der Waals surface area contributed by atoms with E-state index < -0.39 is 51.6 Å². The van der Waals surface area contributed by atoms with Gasteiger partial charge in [-0.3, -0.25) is 13.7 Å². The second-order valence-corrected chi connectivity index (χ2v) is 11.4. The smallest absolute Gasteiger partial charge is 0.506 e. The van der Waals surface area contributed by atoms with Gasteiger partial charge in [-0.1, -0.05) is 30.3 Å². The van der Waals surface area contributed by atoms with Gasteiger partial charge in [0.2, 0.25) is 0 Å². The first-order chi connectivity index (χ1) is 16.2. The molecule has 0 saturated carbocycles. The molecule has 0 aliphatic carbocycles. The van der Waals surface area contributed by atoms with Gasteiger partial charge in [-0.2, -0.15) is 25.3 Å². The van der Waals surface area contributed by atoms with Crippen LogP contribution in [0.5, 0.6) is 5.75 Å². The molecule has 0 fully saturated rings. The predicted octanol–water partition coefficient (Wildman–Crippen LogP) is 0.858. The van der Waals surface area contributed by atoms with Crippen LogP contribution in [0.15, 0.2) is 85.6 Å². The van der Waals surface area contributed by atoms with Crippen molar-refractivity contribution >= 4 is 63.3 Å². The van der Waals surface area contributed by atoms with Crippen molar-refractivity contribution in [3.63, 3.8) is 0 Å². The summed E-state index contributed by atoms with van der Waals surface area (Å²) in [5.74, 6) is -0.579. The summed E-state index contributed by atoms with van der Waals surface area (Å²) in [6, 6.07) is 11.9. The second-order valence-electron chi connectivity index (χ2n) is 7.21. The summed E-state index contributed by atoms with van der Waals surface area (Å²) in [6.07, 6.45) is 0. The second kappa shape index (κ2) is 9.77. The number of azo groups is 1. The van der Waals surface area contributed by atoms with Crippen LogP contribution in [0.4, 0.5) is 11.4 Å². The molecule has 0 heterocycles. The summed E-state index contributed by atoms with van der Waals surface area (Å²) in [6.45, 7) is 0. The zero-order valence-electron chi connectivity index (χ0n) is 18.1. The Hall–Kier alpha value is -2.47. The number of hydrogen-bond donors (Lipinski definition) is 4. The average molecular weight is 562 g/mol. The molecule has 4 aromatic carbocycles. The summed E-state index contributed by atoms with van der Waals surface area (Å²) in [4.78, 5) is -2.16. The van der Waals surface area contributed by atoms with Crippen molar-refractivity contribution in [2.75, 3.05) is 0 Å². The Kier molecular flexibility index (Phi) is 7.63. The van der Waals surface area contributed by atoms with E-state index in [0.717, 1.165) is 24.3 Å². The zero-order valence-corrected chi connectivity index (χ0v) is 22.6. The maximum absolute atomic E-state index is 12.0. The van der Waals surface area contributed by atoms with E-state index in [2.05, 4.69) is 10.2 Å². The Bertz CT molecular complexity index is 1890. The van der Waals surface area contributed by atoms with E-state index in [-0.39, 0.29) is 61.7 Å². The number of fused-ring (bicyclic) bond motifs is 2. The van der Waals surface area contributed by atoms with Crippen LogP contribution >= 0.6 is 0 Å². The van der Waals surface area contributed by atoms with Gasteiger partial charge in [0, 0.05) is 16.2 Å². The Morgan fingerprint density at radius 1 is 0.639 bits per heavy atom. The first-order valence-corrected chi connectivity index (χ1v) is 13.7. The fourth-order valence-corrected chi connectivity index (χ4v) is 5.56. The number of benzene rings is 4. The molecule has 0 atom stereocenters. The van der Waals surface area contributed by atoms with Crippen molar-refractivity contribution in [1.29, 1.82) is 0 Å². The molecule has 0 saturated heterocycles. The van der Waals surface area contributed by atoms with Crippen molar-refractivity contribution in [3.05, 3.63) is 60.7 Å². The topological polar surface area (TPSA) is 208 Å². The fraction of sp³-hybridized carbons (Fsp3) is 0. The number of hydrogen-bond acceptors (Lipinski definition) is 9. The molecule has 4 N–H and O–H groups in total. The van der Waals surface area contributed by atoms with E-state index in [9.17, 15) is 44.0 Å². The summed E-state index contributed by atoms with van der Waals surface area (Å²) < 4.78 is 99.0. The monoisotopic (exact) mass is 561 g/mol. The molecule has 36 heavy (non-hydrogen) atoms. The van der Waals surface area contributed by atoms with E-state index >= 15 is 0 Å². The third kappa shape index (κ3) is 5.44. The molecule has 0 amide bonds. The summed E-state index contributed by atoms with van der Waals surface area (Å²) in [5, 5.41) is 18.1. The fourth-order valence-electron chi connectivity index (χ4n) is 3.50. The number of phenols is 1. The maximum atomic E-state index is 12.0. The van der Waals surface area contributed by atoms with E-state index in [1.165, 1.54) is 24.3 Å². The Morgan fingerprint density at radius 2 is 1.25 bits per heavy atom. The van der Waals surface area contributed by atoms with Gasteiger partial charge in [0.1, 0.15) is 21.2 Å². The molecule has 16 heteroatoms. The van der Waals surface area contributed by atoms with Gasteiger partial charge >= 0.3 is 29.6 Å². The molecule has 0 aliphatic heterocycles. The van der Waals surface area contributed by atoms with Gasteiger partial charge in [0.15, 0.2) is 0 Å². The van der Waals surface area contributed by atoms with E-state index in [1.807, 2.05) is 0 Å². The van der Waals surface area contributed by atoms with Crippen molar-refractivity contribution in [2.45, 2.75) is 14.7 Å². The Labute approximate surface area is 226 Å². The molecule has 0 unspecified atom stereocenters. The Morgan fingerprint density at radius 3 is 1.83 bits per heavy atom. The van der Waals surface area contributed by atoms with Gasteiger partial charge in [-0.15, -0.1) is 10.2 Å².